The van der Waals surface area contributed by atoms with Crippen molar-refractivity contribution in [2.45, 2.75) is 25.7 Å². The zero-order valence-electron chi connectivity index (χ0n) is 12.1. The minimum absolute atomic E-state index is 0.0393. The summed E-state index contributed by atoms with van der Waals surface area (Å²) >= 11 is 0. The van der Waals surface area contributed by atoms with E-state index in [1.807, 2.05) is 0 Å². The normalized spacial score (nSPS) is 11.0. The topological polar surface area (TPSA) is 124 Å². The van der Waals surface area contributed by atoms with E-state index in [2.05, 4.69) is 6.72 Å². The number of anilines is 1. The van der Waals surface area contributed by atoms with Crippen molar-refractivity contribution in [3.63, 3.8) is 0 Å². The Morgan fingerprint density at radius 2 is 1.67 bits per heavy atom. The van der Waals surface area contributed by atoms with Crippen molar-refractivity contribution < 1.29 is 18.1 Å². The third-order valence-electron chi connectivity index (χ3n) is 3.45. The highest BCUT2D eigenvalue weighted by Crippen LogP contribution is 2.38. The van der Waals surface area contributed by atoms with Crippen molar-refractivity contribution in [1.29, 1.82) is 5.41 Å². The number of benzene rings is 2. The number of aryl methyl sites for hydroxylation is 1. The predicted octanol–water partition coefficient (Wildman–Crippen LogP) is 2.57. The van der Waals surface area contributed by atoms with E-state index in [0.29, 0.717) is 16.3 Å². The first kappa shape index (κ1) is 16.9. The molecule has 0 saturated heterocycles. The lowest BCUT2D eigenvalue weighted by atomic mass is 9.98. The minimum atomic E-state index is -4.34. The molecule has 0 unspecified atom stereocenters. The molecule has 0 aromatic heterocycles. The van der Waals surface area contributed by atoms with Gasteiger partial charge < -0.3 is 16.2 Å². The maximum atomic E-state index is 11.3. The molecule has 0 aliphatic heterocycles. The van der Waals surface area contributed by atoms with Crippen LogP contribution in [0.15, 0.2) is 17.0 Å². The number of hydrogen-bond donors (Lipinski definition) is 4. The van der Waals surface area contributed by atoms with Crippen LogP contribution in [-0.4, -0.2) is 24.8 Å². The molecule has 0 heterocycles. The summed E-state index contributed by atoms with van der Waals surface area (Å²) in [5.41, 5.74) is 7.80. The fraction of sp³-hybridized carbons (Fsp3) is 0.214. The van der Waals surface area contributed by atoms with Crippen molar-refractivity contribution in [3.8, 4) is 5.75 Å². The lowest BCUT2D eigenvalue weighted by Gasteiger charge is -2.14. The summed E-state index contributed by atoms with van der Waals surface area (Å²) < 4.78 is 31.8. The molecule has 0 fully saturated rings. The smallest absolute Gasteiger partial charge is 0.294 e. The summed E-state index contributed by atoms with van der Waals surface area (Å²) in [5.74, 6) is 0.0393. The predicted molar refractivity (Wildman–Crippen MR) is 83.9 cm³/mol. The molecule has 114 valence electrons. The summed E-state index contributed by atoms with van der Waals surface area (Å²) in [7, 11) is -4.34. The summed E-state index contributed by atoms with van der Waals surface area (Å²) in [5, 5.41) is 16.5. The van der Waals surface area contributed by atoms with E-state index in [4.69, 9.17) is 11.1 Å². The molecule has 0 bridgehead atoms. The largest absolute Gasteiger partial charge is 0.507 e. The van der Waals surface area contributed by atoms with Gasteiger partial charge in [-0.15, -0.1) is 0 Å². The second-order valence-corrected chi connectivity index (χ2v) is 6.04. The van der Waals surface area contributed by atoms with E-state index >= 15 is 0 Å². The number of nitrogens with one attached hydrogen (secondary N) is 1. The molecule has 21 heavy (non-hydrogen) atoms. The van der Waals surface area contributed by atoms with Crippen LogP contribution in [0.25, 0.3) is 10.8 Å². The number of nitrogens with two attached hydrogens (primary N) is 1. The van der Waals surface area contributed by atoms with Crippen LogP contribution in [0.3, 0.4) is 0 Å². The number of nitrogen functional groups attached to an aromatic ring is 1. The first-order valence-electron chi connectivity index (χ1n) is 5.99. The van der Waals surface area contributed by atoms with Gasteiger partial charge in [-0.25, -0.2) is 0 Å². The van der Waals surface area contributed by atoms with Gasteiger partial charge in [-0.3, -0.25) is 4.55 Å². The van der Waals surface area contributed by atoms with Crippen molar-refractivity contribution in [2.75, 3.05) is 5.73 Å². The van der Waals surface area contributed by atoms with Gasteiger partial charge in [0.05, 0.1) is 4.90 Å². The molecule has 0 amide bonds. The molecule has 7 heteroatoms. The quantitative estimate of drug-likeness (QED) is 0.366. The Labute approximate surface area is 123 Å². The standard InChI is InChI=1S/C13H15NO4S.CH3N/c1-6-4-9-5-10(19(16,17)18)8(3)12(14)11(9)13(15)7(6)2;1-2/h4-5,15H,14H2,1-3H3,(H,16,17,18);2H,1H2. The van der Waals surface area contributed by atoms with Crippen LogP contribution in [0.2, 0.25) is 0 Å². The fourth-order valence-electron chi connectivity index (χ4n) is 2.16. The molecule has 0 aliphatic carbocycles. The summed E-state index contributed by atoms with van der Waals surface area (Å²) in [6, 6.07) is 3.05. The van der Waals surface area contributed by atoms with E-state index in [9.17, 15) is 18.1 Å². The van der Waals surface area contributed by atoms with Gasteiger partial charge in [0.1, 0.15) is 5.75 Å². The highest BCUT2D eigenvalue weighted by Gasteiger charge is 2.20. The second-order valence-electron chi connectivity index (χ2n) is 4.65. The summed E-state index contributed by atoms with van der Waals surface area (Å²) in [4.78, 5) is -0.236. The molecule has 0 atom stereocenters. The minimum Gasteiger partial charge on any atom is -0.507 e. The Morgan fingerprint density at radius 3 is 2.14 bits per heavy atom. The Hall–Kier alpha value is -2.12. The van der Waals surface area contributed by atoms with Crippen molar-refractivity contribution in [1.82, 2.24) is 0 Å². The van der Waals surface area contributed by atoms with E-state index < -0.39 is 10.1 Å². The van der Waals surface area contributed by atoms with E-state index in [0.717, 1.165) is 5.56 Å². The van der Waals surface area contributed by atoms with Crippen molar-refractivity contribution in [2.24, 2.45) is 0 Å². The number of phenolic OH excluding ortho intramolecular Hbond substituents is 1. The molecule has 6 nitrogen and oxygen atoms in total. The van der Waals surface area contributed by atoms with Gasteiger partial charge in [-0.2, -0.15) is 8.42 Å². The molecule has 0 radical (unpaired) electrons. The van der Waals surface area contributed by atoms with Gasteiger partial charge in [0.25, 0.3) is 10.1 Å². The molecule has 0 saturated carbocycles. The highest BCUT2D eigenvalue weighted by molar-refractivity contribution is 7.85. The number of rotatable bonds is 1. The molecule has 5 N–H and O–H groups in total. The van der Waals surface area contributed by atoms with Crippen LogP contribution in [0, 0.1) is 26.2 Å². The van der Waals surface area contributed by atoms with Crippen LogP contribution < -0.4 is 5.73 Å². The average Bonchev–Trinajstić information content (AvgIpc) is 2.41. The zero-order valence-corrected chi connectivity index (χ0v) is 12.9. The van der Waals surface area contributed by atoms with Crippen LogP contribution >= 0.6 is 0 Å². The average molecular weight is 310 g/mol. The van der Waals surface area contributed by atoms with Gasteiger partial charge in [0.2, 0.25) is 0 Å². The monoisotopic (exact) mass is 310 g/mol. The number of aromatic hydroxyl groups is 1. The number of fused-ring (bicyclic) bond motifs is 1. The zero-order chi connectivity index (χ0) is 16.5. The number of phenols is 1. The van der Waals surface area contributed by atoms with E-state index in [-0.39, 0.29) is 21.9 Å². The maximum absolute atomic E-state index is 11.3. The van der Waals surface area contributed by atoms with Crippen LogP contribution in [-0.2, 0) is 10.1 Å². The maximum Gasteiger partial charge on any atom is 0.294 e. The second kappa shape index (κ2) is 5.71. The SMILES string of the molecule is C=N.Cc1cc2cc(S(=O)(=O)O)c(C)c(N)c2c(O)c1C. The van der Waals surface area contributed by atoms with Crippen LogP contribution in [0.4, 0.5) is 5.69 Å². The molecule has 0 spiro atoms. The third-order valence-corrected chi connectivity index (χ3v) is 4.43. The Morgan fingerprint density at radius 1 is 1.14 bits per heavy atom. The molecule has 2 rings (SSSR count). The van der Waals surface area contributed by atoms with Crippen LogP contribution in [0.1, 0.15) is 16.7 Å². The first-order valence-corrected chi connectivity index (χ1v) is 7.43. The van der Waals surface area contributed by atoms with Gasteiger partial charge in [-0.05, 0) is 55.6 Å². The Kier molecular flexibility index (Phi) is 4.60. The molecule has 2 aromatic carbocycles. The van der Waals surface area contributed by atoms with Gasteiger partial charge in [-0.1, -0.05) is 6.07 Å². The molecular formula is C14H18N2O4S. The molecule has 2 aromatic rings. The van der Waals surface area contributed by atoms with Gasteiger partial charge in [0, 0.05) is 11.1 Å². The van der Waals surface area contributed by atoms with Crippen molar-refractivity contribution in [3.05, 3.63) is 28.8 Å². The van der Waals surface area contributed by atoms with Crippen molar-refractivity contribution >= 4 is 33.3 Å². The Bertz CT molecular complexity index is 814. The first-order chi connectivity index (χ1) is 9.64. The van der Waals surface area contributed by atoms with Crippen LogP contribution in [0.5, 0.6) is 5.75 Å². The van der Waals surface area contributed by atoms with E-state index in [1.54, 1.807) is 19.9 Å². The third kappa shape index (κ3) is 2.84. The fourth-order valence-corrected chi connectivity index (χ4v) is 2.93. The Balaban J connectivity index is 0.00000106. The lowest BCUT2D eigenvalue weighted by molar-refractivity contribution is 0.476. The number of hydrogen-bond acceptors (Lipinski definition) is 5. The summed E-state index contributed by atoms with van der Waals surface area (Å²) in [6.07, 6.45) is 0. The molecular weight excluding hydrogens is 292 g/mol. The van der Waals surface area contributed by atoms with Gasteiger partial charge >= 0.3 is 0 Å². The summed E-state index contributed by atoms with van der Waals surface area (Å²) in [6.45, 7) is 7.56. The van der Waals surface area contributed by atoms with E-state index in [1.165, 1.54) is 13.0 Å². The molecule has 0 aliphatic rings. The lowest BCUT2D eigenvalue weighted by Crippen LogP contribution is -2.05. The van der Waals surface area contributed by atoms with Gasteiger partial charge in [0.15, 0.2) is 0 Å². The highest BCUT2D eigenvalue weighted by atomic mass is 32.2.